The average molecular weight is 356 g/mol. The topological polar surface area (TPSA) is 49.4 Å². The smallest absolute Gasteiger partial charge is 0.256 e. The monoisotopic (exact) mass is 356 g/mol. The average Bonchev–Trinajstić information content (AvgIpc) is 3.15. The second-order valence-electron chi connectivity index (χ2n) is 6.56. The Bertz CT molecular complexity index is 965. The van der Waals surface area contributed by atoms with Crippen molar-refractivity contribution in [3.05, 3.63) is 84.4 Å². The molecule has 134 valence electrons. The normalized spacial score (nSPS) is 13.6. The summed E-state index contributed by atoms with van der Waals surface area (Å²) in [7, 11) is 0. The Morgan fingerprint density at radius 3 is 2.26 bits per heavy atom. The van der Waals surface area contributed by atoms with E-state index in [2.05, 4.69) is 5.32 Å². The predicted molar refractivity (Wildman–Crippen MR) is 108 cm³/mol. The van der Waals surface area contributed by atoms with E-state index in [1.54, 1.807) is 4.90 Å². The van der Waals surface area contributed by atoms with Gasteiger partial charge in [-0.05, 0) is 47.9 Å². The SMILES string of the molecule is O=C(Nc1ccc(N2CCCC2=O)cc1)c1ccccc1-c1ccccc1. The molecule has 3 aromatic carbocycles. The van der Waals surface area contributed by atoms with Crippen LogP contribution in [0.2, 0.25) is 0 Å². The largest absolute Gasteiger partial charge is 0.322 e. The molecule has 4 rings (SSSR count). The van der Waals surface area contributed by atoms with Crippen molar-refractivity contribution in [2.75, 3.05) is 16.8 Å². The highest BCUT2D eigenvalue weighted by molar-refractivity contribution is 6.08. The molecule has 1 aliphatic rings. The summed E-state index contributed by atoms with van der Waals surface area (Å²) in [5, 5.41) is 2.95. The minimum atomic E-state index is -0.153. The number of hydrogen-bond donors (Lipinski definition) is 1. The molecule has 3 aromatic rings. The Morgan fingerprint density at radius 1 is 0.852 bits per heavy atom. The Morgan fingerprint density at radius 2 is 1.56 bits per heavy atom. The van der Waals surface area contributed by atoms with Crippen molar-refractivity contribution in [3.8, 4) is 11.1 Å². The molecule has 0 aliphatic carbocycles. The van der Waals surface area contributed by atoms with Crippen molar-refractivity contribution >= 4 is 23.2 Å². The molecule has 4 heteroatoms. The molecule has 0 spiro atoms. The van der Waals surface area contributed by atoms with Crippen LogP contribution in [0.15, 0.2) is 78.9 Å². The Hall–Kier alpha value is -3.40. The van der Waals surface area contributed by atoms with E-state index in [4.69, 9.17) is 0 Å². The van der Waals surface area contributed by atoms with Gasteiger partial charge in [0.2, 0.25) is 5.91 Å². The number of carbonyl (C=O) groups is 2. The van der Waals surface area contributed by atoms with Crippen molar-refractivity contribution in [3.63, 3.8) is 0 Å². The minimum absolute atomic E-state index is 0.153. The van der Waals surface area contributed by atoms with Crippen LogP contribution in [-0.4, -0.2) is 18.4 Å². The summed E-state index contributed by atoms with van der Waals surface area (Å²) < 4.78 is 0. The van der Waals surface area contributed by atoms with E-state index in [0.29, 0.717) is 17.7 Å². The van der Waals surface area contributed by atoms with Crippen molar-refractivity contribution in [2.45, 2.75) is 12.8 Å². The molecule has 1 heterocycles. The van der Waals surface area contributed by atoms with Gasteiger partial charge in [-0.15, -0.1) is 0 Å². The van der Waals surface area contributed by atoms with Crippen LogP contribution in [0.3, 0.4) is 0 Å². The van der Waals surface area contributed by atoms with Gasteiger partial charge in [-0.2, -0.15) is 0 Å². The maximum Gasteiger partial charge on any atom is 0.256 e. The highest BCUT2D eigenvalue weighted by Crippen LogP contribution is 2.26. The molecule has 0 bridgehead atoms. The van der Waals surface area contributed by atoms with Crippen LogP contribution < -0.4 is 10.2 Å². The fourth-order valence-electron chi connectivity index (χ4n) is 3.39. The van der Waals surface area contributed by atoms with Gasteiger partial charge < -0.3 is 10.2 Å². The number of rotatable bonds is 4. The maximum absolute atomic E-state index is 12.8. The predicted octanol–water partition coefficient (Wildman–Crippen LogP) is 4.73. The third-order valence-corrected chi connectivity index (χ3v) is 4.77. The van der Waals surface area contributed by atoms with E-state index < -0.39 is 0 Å². The summed E-state index contributed by atoms with van der Waals surface area (Å²) in [4.78, 5) is 26.5. The van der Waals surface area contributed by atoms with Crippen LogP contribution >= 0.6 is 0 Å². The van der Waals surface area contributed by atoms with E-state index in [1.165, 1.54) is 0 Å². The van der Waals surface area contributed by atoms with Gasteiger partial charge in [0.05, 0.1) is 0 Å². The van der Waals surface area contributed by atoms with Crippen molar-refractivity contribution in [1.29, 1.82) is 0 Å². The lowest BCUT2D eigenvalue weighted by molar-refractivity contribution is -0.117. The van der Waals surface area contributed by atoms with E-state index in [-0.39, 0.29) is 11.8 Å². The first-order chi connectivity index (χ1) is 13.2. The Kier molecular flexibility index (Phi) is 4.71. The first-order valence-corrected chi connectivity index (χ1v) is 9.08. The van der Waals surface area contributed by atoms with Gasteiger partial charge in [0.15, 0.2) is 0 Å². The van der Waals surface area contributed by atoms with Crippen LogP contribution in [0.4, 0.5) is 11.4 Å². The lowest BCUT2D eigenvalue weighted by Gasteiger charge is -2.16. The lowest BCUT2D eigenvalue weighted by Crippen LogP contribution is -2.23. The van der Waals surface area contributed by atoms with Gasteiger partial charge >= 0.3 is 0 Å². The minimum Gasteiger partial charge on any atom is -0.322 e. The van der Waals surface area contributed by atoms with Crippen LogP contribution in [0, 0.1) is 0 Å². The van der Waals surface area contributed by atoms with Gasteiger partial charge in [-0.25, -0.2) is 0 Å². The van der Waals surface area contributed by atoms with Crippen LogP contribution in [-0.2, 0) is 4.79 Å². The van der Waals surface area contributed by atoms with E-state index >= 15 is 0 Å². The zero-order valence-corrected chi connectivity index (χ0v) is 14.9. The number of amides is 2. The zero-order chi connectivity index (χ0) is 18.6. The summed E-state index contributed by atoms with van der Waals surface area (Å²) in [5.41, 5.74) is 4.11. The number of hydrogen-bond acceptors (Lipinski definition) is 2. The third kappa shape index (κ3) is 3.60. The molecular weight excluding hydrogens is 336 g/mol. The quantitative estimate of drug-likeness (QED) is 0.734. The standard InChI is InChI=1S/C23H20N2O2/c26-22-11-6-16-25(22)19-14-12-18(13-15-19)24-23(27)21-10-5-4-9-20(21)17-7-2-1-3-8-17/h1-5,7-10,12-15H,6,11,16H2,(H,24,27). The molecule has 27 heavy (non-hydrogen) atoms. The van der Waals surface area contributed by atoms with Crippen LogP contribution in [0.25, 0.3) is 11.1 Å². The second-order valence-corrected chi connectivity index (χ2v) is 6.56. The van der Waals surface area contributed by atoms with Crippen LogP contribution in [0.5, 0.6) is 0 Å². The lowest BCUT2D eigenvalue weighted by atomic mass is 9.99. The number of anilines is 2. The van der Waals surface area contributed by atoms with Gasteiger partial charge in [0.1, 0.15) is 0 Å². The summed E-state index contributed by atoms with van der Waals surface area (Å²) in [6, 6.07) is 24.9. The third-order valence-electron chi connectivity index (χ3n) is 4.77. The molecule has 0 atom stereocenters. The summed E-state index contributed by atoms with van der Waals surface area (Å²) in [6.07, 6.45) is 1.50. The Labute approximate surface area is 158 Å². The van der Waals surface area contributed by atoms with E-state index in [9.17, 15) is 9.59 Å². The summed E-state index contributed by atoms with van der Waals surface area (Å²) >= 11 is 0. The zero-order valence-electron chi connectivity index (χ0n) is 14.9. The molecule has 1 aliphatic heterocycles. The van der Waals surface area contributed by atoms with Crippen molar-refractivity contribution in [2.24, 2.45) is 0 Å². The summed E-state index contributed by atoms with van der Waals surface area (Å²) in [5.74, 6) is 0.00280. The van der Waals surface area contributed by atoms with Gasteiger partial charge in [0, 0.05) is 29.9 Å². The highest BCUT2D eigenvalue weighted by atomic mass is 16.2. The van der Waals surface area contributed by atoms with E-state index in [0.717, 1.165) is 29.8 Å². The number of carbonyl (C=O) groups excluding carboxylic acids is 2. The molecule has 0 aromatic heterocycles. The molecule has 0 radical (unpaired) electrons. The summed E-state index contributed by atoms with van der Waals surface area (Å²) in [6.45, 7) is 0.759. The Balaban J connectivity index is 1.54. The first kappa shape index (κ1) is 17.0. The van der Waals surface area contributed by atoms with Crippen LogP contribution in [0.1, 0.15) is 23.2 Å². The number of nitrogens with zero attached hydrogens (tertiary/aromatic N) is 1. The fourth-order valence-corrected chi connectivity index (χ4v) is 3.39. The number of nitrogens with one attached hydrogen (secondary N) is 1. The maximum atomic E-state index is 12.8. The number of benzene rings is 3. The van der Waals surface area contributed by atoms with Gasteiger partial charge in [0.25, 0.3) is 5.91 Å². The fraction of sp³-hybridized carbons (Fsp3) is 0.130. The molecule has 0 saturated carbocycles. The molecule has 1 saturated heterocycles. The van der Waals surface area contributed by atoms with Gasteiger partial charge in [-0.3, -0.25) is 9.59 Å². The first-order valence-electron chi connectivity index (χ1n) is 9.08. The highest BCUT2D eigenvalue weighted by Gasteiger charge is 2.21. The molecule has 4 nitrogen and oxygen atoms in total. The van der Waals surface area contributed by atoms with E-state index in [1.807, 2.05) is 78.9 Å². The molecule has 1 N–H and O–H groups in total. The molecule has 2 amide bonds. The molecular formula is C23H20N2O2. The van der Waals surface area contributed by atoms with Crippen molar-refractivity contribution in [1.82, 2.24) is 0 Å². The molecule has 0 unspecified atom stereocenters. The van der Waals surface area contributed by atoms with Gasteiger partial charge in [-0.1, -0.05) is 48.5 Å². The molecule has 1 fully saturated rings. The van der Waals surface area contributed by atoms with Crippen molar-refractivity contribution < 1.29 is 9.59 Å². The second kappa shape index (κ2) is 7.46.